The zero-order valence-corrected chi connectivity index (χ0v) is 18.7. The number of nitrogens with zero attached hydrogens (tertiary/aromatic N) is 1. The van der Waals surface area contributed by atoms with Crippen LogP contribution in [-0.4, -0.2) is 49.1 Å². The van der Waals surface area contributed by atoms with Gasteiger partial charge in [-0.05, 0) is 54.7 Å². The Balaban J connectivity index is 2.19. The third-order valence-corrected chi connectivity index (χ3v) is 5.78. The van der Waals surface area contributed by atoms with Gasteiger partial charge in [-0.25, -0.2) is 0 Å². The lowest BCUT2D eigenvalue weighted by Crippen LogP contribution is -2.32. The third-order valence-electron chi connectivity index (χ3n) is 5.78. The standard InChI is InChI=1S/C25H29NO5/c1-6-17-7-9-18(10-8-17)22-21(24(28)25(29)26(22)11-12-30-4)23(27)19-13-16(3)20(31-5)14-15(19)2/h7-10,13-14,22,27H,6,11-12H2,1-5H3/b23-21+. The summed E-state index contributed by atoms with van der Waals surface area (Å²) in [7, 11) is 3.13. The van der Waals surface area contributed by atoms with E-state index in [-0.39, 0.29) is 24.5 Å². The first-order valence-corrected chi connectivity index (χ1v) is 10.4. The third kappa shape index (κ3) is 4.21. The van der Waals surface area contributed by atoms with Gasteiger partial charge in [0, 0.05) is 19.2 Å². The molecule has 0 aliphatic carbocycles. The van der Waals surface area contributed by atoms with Crippen molar-refractivity contribution >= 4 is 17.4 Å². The zero-order chi connectivity index (χ0) is 22.7. The molecule has 0 aromatic heterocycles. The number of carbonyl (C=O) groups is 2. The second kappa shape index (κ2) is 9.35. The number of aryl methyl sites for hydroxylation is 3. The van der Waals surface area contributed by atoms with Crippen molar-refractivity contribution in [3.05, 3.63) is 69.8 Å². The molecule has 1 aliphatic rings. The van der Waals surface area contributed by atoms with Gasteiger partial charge < -0.3 is 19.5 Å². The average Bonchev–Trinajstić information content (AvgIpc) is 3.03. The Morgan fingerprint density at radius 3 is 2.32 bits per heavy atom. The number of rotatable bonds is 7. The molecule has 0 spiro atoms. The van der Waals surface area contributed by atoms with E-state index in [1.807, 2.05) is 44.2 Å². The van der Waals surface area contributed by atoms with Crippen LogP contribution < -0.4 is 4.74 Å². The van der Waals surface area contributed by atoms with Gasteiger partial charge in [0.05, 0.1) is 25.3 Å². The molecular weight excluding hydrogens is 394 g/mol. The number of ketones is 1. The largest absolute Gasteiger partial charge is 0.507 e. The van der Waals surface area contributed by atoms with Gasteiger partial charge in [0.2, 0.25) is 0 Å². The molecule has 1 amide bonds. The molecule has 2 aromatic carbocycles. The van der Waals surface area contributed by atoms with Crippen molar-refractivity contribution in [1.29, 1.82) is 0 Å². The summed E-state index contributed by atoms with van der Waals surface area (Å²) in [4.78, 5) is 27.4. The summed E-state index contributed by atoms with van der Waals surface area (Å²) in [6.07, 6.45) is 0.883. The Kier molecular flexibility index (Phi) is 6.81. The summed E-state index contributed by atoms with van der Waals surface area (Å²) in [6, 6.07) is 10.7. The van der Waals surface area contributed by atoms with Crippen LogP contribution >= 0.6 is 0 Å². The SMILES string of the molecule is CCc1ccc(C2/C(=C(\O)c3cc(C)c(OC)cc3C)C(=O)C(=O)N2CCOC)cc1. The van der Waals surface area contributed by atoms with Crippen LogP contribution in [0.3, 0.4) is 0 Å². The maximum absolute atomic E-state index is 13.0. The minimum atomic E-state index is -0.689. The van der Waals surface area contributed by atoms with Crippen molar-refractivity contribution in [2.75, 3.05) is 27.4 Å². The molecule has 1 aliphatic heterocycles. The van der Waals surface area contributed by atoms with E-state index in [2.05, 4.69) is 6.92 Å². The summed E-state index contributed by atoms with van der Waals surface area (Å²) in [5.41, 5.74) is 4.11. The van der Waals surface area contributed by atoms with E-state index in [4.69, 9.17) is 9.47 Å². The molecule has 1 fully saturated rings. The van der Waals surface area contributed by atoms with Crippen molar-refractivity contribution < 1.29 is 24.2 Å². The van der Waals surface area contributed by atoms with Crippen molar-refractivity contribution in [3.8, 4) is 5.75 Å². The van der Waals surface area contributed by atoms with Crippen LogP contribution in [0.5, 0.6) is 5.75 Å². The van der Waals surface area contributed by atoms with E-state index in [0.717, 1.165) is 28.7 Å². The van der Waals surface area contributed by atoms with Crippen molar-refractivity contribution in [3.63, 3.8) is 0 Å². The summed E-state index contributed by atoms with van der Waals surface area (Å²) < 4.78 is 10.5. The highest BCUT2D eigenvalue weighted by molar-refractivity contribution is 6.46. The second-order valence-electron chi connectivity index (χ2n) is 7.72. The number of carbonyl (C=O) groups excluding carboxylic acids is 2. The lowest BCUT2D eigenvalue weighted by Gasteiger charge is -2.25. The molecule has 0 saturated carbocycles. The molecule has 6 nitrogen and oxygen atoms in total. The summed E-state index contributed by atoms with van der Waals surface area (Å²) in [5.74, 6) is -0.801. The van der Waals surface area contributed by atoms with Crippen LogP contribution in [0.4, 0.5) is 0 Å². The summed E-state index contributed by atoms with van der Waals surface area (Å²) in [6.45, 7) is 6.31. The van der Waals surface area contributed by atoms with Crippen LogP contribution in [0, 0.1) is 13.8 Å². The number of aliphatic hydroxyl groups is 1. The van der Waals surface area contributed by atoms with Crippen LogP contribution in [-0.2, 0) is 20.7 Å². The number of benzene rings is 2. The molecule has 6 heteroatoms. The van der Waals surface area contributed by atoms with Crippen LogP contribution in [0.2, 0.25) is 0 Å². The molecule has 2 aromatic rings. The van der Waals surface area contributed by atoms with Crippen LogP contribution in [0.1, 0.15) is 40.8 Å². The van der Waals surface area contributed by atoms with Crippen molar-refractivity contribution in [2.24, 2.45) is 0 Å². The molecule has 0 radical (unpaired) electrons. The first-order valence-electron chi connectivity index (χ1n) is 10.4. The second-order valence-corrected chi connectivity index (χ2v) is 7.72. The summed E-state index contributed by atoms with van der Waals surface area (Å²) in [5, 5.41) is 11.3. The number of methoxy groups -OCH3 is 2. The molecule has 3 rings (SSSR count). The maximum Gasteiger partial charge on any atom is 0.295 e. The lowest BCUT2D eigenvalue weighted by atomic mass is 9.92. The number of likely N-dealkylation sites (tertiary alicyclic amines) is 1. The van der Waals surface area contributed by atoms with Gasteiger partial charge in [-0.15, -0.1) is 0 Å². The van der Waals surface area contributed by atoms with Crippen molar-refractivity contribution in [1.82, 2.24) is 4.90 Å². The molecule has 0 bridgehead atoms. The molecule has 1 saturated heterocycles. The van der Waals surface area contributed by atoms with Gasteiger partial charge in [0.25, 0.3) is 11.7 Å². The van der Waals surface area contributed by atoms with Gasteiger partial charge in [0.1, 0.15) is 11.5 Å². The Labute approximate surface area is 183 Å². The Hall–Kier alpha value is -3.12. The predicted molar refractivity (Wildman–Crippen MR) is 119 cm³/mol. The fraction of sp³-hybridized carbons (Fsp3) is 0.360. The van der Waals surface area contributed by atoms with E-state index in [1.54, 1.807) is 20.3 Å². The van der Waals surface area contributed by atoms with Gasteiger partial charge in [0.15, 0.2) is 0 Å². The predicted octanol–water partition coefficient (Wildman–Crippen LogP) is 3.94. The van der Waals surface area contributed by atoms with Crippen LogP contribution in [0.15, 0.2) is 42.0 Å². The van der Waals surface area contributed by atoms with E-state index in [9.17, 15) is 14.7 Å². The average molecular weight is 424 g/mol. The lowest BCUT2D eigenvalue weighted by molar-refractivity contribution is -0.140. The smallest absolute Gasteiger partial charge is 0.295 e. The topological polar surface area (TPSA) is 76.1 Å². The number of hydrogen-bond donors (Lipinski definition) is 1. The molecule has 1 unspecified atom stereocenters. The fourth-order valence-electron chi connectivity index (χ4n) is 3.99. The van der Waals surface area contributed by atoms with Gasteiger partial charge in [-0.2, -0.15) is 0 Å². The monoisotopic (exact) mass is 423 g/mol. The van der Waals surface area contributed by atoms with Gasteiger partial charge in [-0.3, -0.25) is 9.59 Å². The Bertz CT molecular complexity index is 1020. The van der Waals surface area contributed by atoms with Gasteiger partial charge in [-0.1, -0.05) is 31.2 Å². The number of ether oxygens (including phenoxy) is 2. The first-order chi connectivity index (χ1) is 14.8. The molecule has 1 N–H and O–H groups in total. The zero-order valence-electron chi connectivity index (χ0n) is 18.7. The fourth-order valence-corrected chi connectivity index (χ4v) is 3.99. The van der Waals surface area contributed by atoms with Gasteiger partial charge >= 0.3 is 0 Å². The molecular formula is C25H29NO5. The number of Topliss-reactive ketones (excluding diaryl/α,β-unsaturated/α-hetero) is 1. The number of aliphatic hydroxyl groups excluding tert-OH is 1. The minimum Gasteiger partial charge on any atom is -0.507 e. The highest BCUT2D eigenvalue weighted by Crippen LogP contribution is 2.40. The van der Waals surface area contributed by atoms with E-state index < -0.39 is 17.7 Å². The van der Waals surface area contributed by atoms with Crippen LogP contribution in [0.25, 0.3) is 5.76 Å². The highest BCUT2D eigenvalue weighted by atomic mass is 16.5. The number of amides is 1. The number of hydrogen-bond acceptors (Lipinski definition) is 5. The Morgan fingerprint density at radius 1 is 1.06 bits per heavy atom. The first kappa shape index (κ1) is 22.6. The molecule has 1 atom stereocenters. The van der Waals surface area contributed by atoms with E-state index in [0.29, 0.717) is 11.3 Å². The molecule has 1 heterocycles. The minimum absolute atomic E-state index is 0.0954. The molecule has 31 heavy (non-hydrogen) atoms. The van der Waals surface area contributed by atoms with Crippen molar-refractivity contribution in [2.45, 2.75) is 33.2 Å². The maximum atomic E-state index is 13.0. The summed E-state index contributed by atoms with van der Waals surface area (Å²) >= 11 is 0. The quantitative estimate of drug-likeness (QED) is 0.415. The normalized spacial score (nSPS) is 18.0. The Morgan fingerprint density at radius 2 is 1.74 bits per heavy atom. The van der Waals surface area contributed by atoms with E-state index in [1.165, 1.54) is 4.90 Å². The highest BCUT2D eigenvalue weighted by Gasteiger charge is 2.46. The van der Waals surface area contributed by atoms with E-state index >= 15 is 0 Å². The molecule has 164 valence electrons.